The van der Waals surface area contributed by atoms with Crippen molar-refractivity contribution >= 4 is 17.4 Å². The van der Waals surface area contributed by atoms with Gasteiger partial charge in [0.1, 0.15) is 17.3 Å². The van der Waals surface area contributed by atoms with Gasteiger partial charge in [0.2, 0.25) is 0 Å². The molecule has 0 spiro atoms. The molecule has 1 saturated carbocycles. The molecule has 3 unspecified atom stereocenters. The molecular weight excluding hydrogens is 258 g/mol. The highest BCUT2D eigenvalue weighted by molar-refractivity contribution is 6.30. The molecular formula is C15H24ClN3. The minimum atomic E-state index is 0.330. The van der Waals surface area contributed by atoms with Crippen LogP contribution in [0.5, 0.6) is 0 Å². The molecule has 0 amide bonds. The highest BCUT2D eigenvalue weighted by atomic mass is 35.5. The van der Waals surface area contributed by atoms with E-state index in [0.29, 0.717) is 17.1 Å². The lowest BCUT2D eigenvalue weighted by molar-refractivity contribution is 0.260. The van der Waals surface area contributed by atoms with Gasteiger partial charge in [0, 0.05) is 11.6 Å². The summed E-state index contributed by atoms with van der Waals surface area (Å²) in [5.74, 6) is 2.85. The second-order valence-electron chi connectivity index (χ2n) is 6.19. The zero-order valence-electron chi connectivity index (χ0n) is 12.3. The summed E-state index contributed by atoms with van der Waals surface area (Å²) in [6.07, 6.45) is 5.26. The summed E-state index contributed by atoms with van der Waals surface area (Å²) >= 11 is 6.20. The first-order chi connectivity index (χ1) is 8.99. The van der Waals surface area contributed by atoms with Crippen LogP contribution in [0.1, 0.15) is 58.4 Å². The summed E-state index contributed by atoms with van der Waals surface area (Å²) in [7, 11) is 0. The smallest absolute Gasteiger partial charge is 0.138 e. The van der Waals surface area contributed by atoms with Crippen molar-refractivity contribution in [2.24, 2.45) is 11.8 Å². The van der Waals surface area contributed by atoms with Crippen LogP contribution in [0.15, 0.2) is 6.33 Å². The van der Waals surface area contributed by atoms with E-state index in [1.807, 2.05) is 0 Å². The van der Waals surface area contributed by atoms with Gasteiger partial charge in [-0.05, 0) is 37.0 Å². The van der Waals surface area contributed by atoms with E-state index in [9.17, 15) is 0 Å². The molecule has 2 rings (SSSR count). The van der Waals surface area contributed by atoms with Crippen molar-refractivity contribution in [2.45, 2.75) is 58.9 Å². The first kappa shape index (κ1) is 14.6. The molecule has 1 aliphatic rings. The van der Waals surface area contributed by atoms with Crippen molar-refractivity contribution < 1.29 is 0 Å². The summed E-state index contributed by atoms with van der Waals surface area (Å²) in [5.41, 5.74) is 1.04. The Balaban J connectivity index is 2.13. The molecule has 0 radical (unpaired) electrons. The zero-order valence-corrected chi connectivity index (χ0v) is 13.0. The van der Waals surface area contributed by atoms with Crippen LogP contribution >= 0.6 is 11.6 Å². The van der Waals surface area contributed by atoms with E-state index in [1.165, 1.54) is 19.3 Å². The quantitative estimate of drug-likeness (QED) is 0.830. The molecule has 1 N–H and O–H groups in total. The molecule has 106 valence electrons. The number of rotatable bonds is 3. The molecule has 0 saturated heterocycles. The molecule has 3 nitrogen and oxygen atoms in total. The first-order valence-electron chi connectivity index (χ1n) is 7.26. The lowest BCUT2D eigenvalue weighted by Gasteiger charge is -2.33. The normalized spacial score (nSPS) is 27.6. The first-order valence-corrected chi connectivity index (χ1v) is 7.63. The van der Waals surface area contributed by atoms with Crippen LogP contribution in [0.2, 0.25) is 5.15 Å². The number of anilines is 1. The van der Waals surface area contributed by atoms with Gasteiger partial charge in [0.15, 0.2) is 0 Å². The van der Waals surface area contributed by atoms with Crippen molar-refractivity contribution in [1.82, 2.24) is 9.97 Å². The van der Waals surface area contributed by atoms with Gasteiger partial charge in [-0.1, -0.05) is 39.3 Å². The monoisotopic (exact) mass is 281 g/mol. The topological polar surface area (TPSA) is 37.8 Å². The molecule has 1 aromatic heterocycles. The van der Waals surface area contributed by atoms with Crippen molar-refractivity contribution in [3.8, 4) is 0 Å². The van der Waals surface area contributed by atoms with E-state index >= 15 is 0 Å². The van der Waals surface area contributed by atoms with Gasteiger partial charge in [0.25, 0.3) is 0 Å². The summed E-state index contributed by atoms with van der Waals surface area (Å²) in [4.78, 5) is 8.49. The van der Waals surface area contributed by atoms with Crippen LogP contribution in [0, 0.1) is 11.8 Å². The fourth-order valence-electron chi connectivity index (χ4n) is 2.87. The fraction of sp³-hybridized carbons (Fsp3) is 0.733. The predicted molar refractivity (Wildman–Crippen MR) is 80.7 cm³/mol. The second-order valence-corrected chi connectivity index (χ2v) is 6.55. The van der Waals surface area contributed by atoms with Crippen molar-refractivity contribution in [1.29, 1.82) is 0 Å². The highest BCUT2D eigenvalue weighted by Crippen LogP contribution is 2.33. The molecule has 3 atom stereocenters. The van der Waals surface area contributed by atoms with E-state index in [-0.39, 0.29) is 0 Å². The molecule has 1 fully saturated rings. The van der Waals surface area contributed by atoms with Gasteiger partial charge in [-0.3, -0.25) is 0 Å². The Bertz CT molecular complexity index is 433. The number of nitrogens with zero attached hydrogens (tertiary/aromatic N) is 2. The van der Waals surface area contributed by atoms with Gasteiger partial charge in [-0.2, -0.15) is 0 Å². The lowest BCUT2D eigenvalue weighted by atomic mass is 9.79. The van der Waals surface area contributed by atoms with Gasteiger partial charge in [-0.15, -0.1) is 0 Å². The Hall–Kier alpha value is -0.830. The van der Waals surface area contributed by atoms with Crippen molar-refractivity contribution in [2.75, 3.05) is 5.32 Å². The fourth-order valence-corrected chi connectivity index (χ4v) is 3.22. The average Bonchev–Trinajstić information content (AvgIpc) is 2.33. The SMILES string of the molecule is CC(C)c1c(Cl)ncnc1NC1CCC(C)C(C)C1. The van der Waals surface area contributed by atoms with E-state index in [1.54, 1.807) is 6.33 Å². The van der Waals surface area contributed by atoms with Crippen molar-refractivity contribution in [3.63, 3.8) is 0 Å². The summed E-state index contributed by atoms with van der Waals surface area (Å²) in [6.45, 7) is 8.94. The van der Waals surface area contributed by atoms with Gasteiger partial charge in [0.05, 0.1) is 0 Å². The largest absolute Gasteiger partial charge is 0.367 e. The summed E-state index contributed by atoms with van der Waals surface area (Å²) in [5, 5.41) is 4.16. The van der Waals surface area contributed by atoms with Crippen LogP contribution in [-0.4, -0.2) is 16.0 Å². The molecule has 19 heavy (non-hydrogen) atoms. The van der Waals surface area contributed by atoms with Crippen LogP contribution < -0.4 is 5.32 Å². The molecule has 0 bridgehead atoms. The van der Waals surface area contributed by atoms with E-state index in [0.717, 1.165) is 23.2 Å². The van der Waals surface area contributed by atoms with Crippen LogP contribution in [0.3, 0.4) is 0 Å². The highest BCUT2D eigenvalue weighted by Gasteiger charge is 2.25. The standard InChI is InChI=1S/C15H24ClN3/c1-9(2)13-14(16)17-8-18-15(13)19-12-6-5-10(3)11(4)7-12/h8-12H,5-7H2,1-4H3,(H,17,18,19). The molecule has 0 aliphatic heterocycles. The Kier molecular flexibility index (Phi) is 4.67. The maximum absolute atomic E-state index is 6.20. The number of aromatic nitrogens is 2. The van der Waals surface area contributed by atoms with Gasteiger partial charge >= 0.3 is 0 Å². The number of hydrogen-bond acceptors (Lipinski definition) is 3. The van der Waals surface area contributed by atoms with Crippen LogP contribution in [0.4, 0.5) is 5.82 Å². The molecule has 1 heterocycles. The molecule has 0 aromatic carbocycles. The second kappa shape index (κ2) is 6.08. The van der Waals surface area contributed by atoms with Crippen LogP contribution in [-0.2, 0) is 0 Å². The average molecular weight is 282 g/mol. The maximum atomic E-state index is 6.20. The summed E-state index contributed by atoms with van der Waals surface area (Å²) < 4.78 is 0. The van der Waals surface area contributed by atoms with Crippen molar-refractivity contribution in [3.05, 3.63) is 17.0 Å². The molecule has 1 aromatic rings. The van der Waals surface area contributed by atoms with Crippen LogP contribution in [0.25, 0.3) is 0 Å². The Morgan fingerprint density at radius 2 is 1.95 bits per heavy atom. The maximum Gasteiger partial charge on any atom is 0.138 e. The third kappa shape index (κ3) is 3.38. The number of hydrogen-bond donors (Lipinski definition) is 1. The number of nitrogens with one attached hydrogen (secondary N) is 1. The van der Waals surface area contributed by atoms with E-state index in [2.05, 4.69) is 43.0 Å². The van der Waals surface area contributed by atoms with Gasteiger partial charge in [-0.25, -0.2) is 9.97 Å². The predicted octanol–water partition coefficient (Wildman–Crippen LogP) is 4.49. The Morgan fingerprint density at radius 3 is 2.58 bits per heavy atom. The van der Waals surface area contributed by atoms with E-state index < -0.39 is 0 Å². The Morgan fingerprint density at radius 1 is 1.21 bits per heavy atom. The zero-order chi connectivity index (χ0) is 14.0. The third-order valence-electron chi connectivity index (χ3n) is 4.35. The Labute approximate surface area is 121 Å². The minimum absolute atomic E-state index is 0.330. The third-order valence-corrected chi connectivity index (χ3v) is 4.65. The van der Waals surface area contributed by atoms with E-state index in [4.69, 9.17) is 11.6 Å². The van der Waals surface area contributed by atoms with Gasteiger partial charge < -0.3 is 5.32 Å². The molecule has 1 aliphatic carbocycles. The summed E-state index contributed by atoms with van der Waals surface area (Å²) in [6, 6.07) is 0.509. The lowest BCUT2D eigenvalue weighted by Crippen LogP contribution is -2.31. The number of halogens is 1. The minimum Gasteiger partial charge on any atom is -0.367 e. The molecule has 4 heteroatoms.